The fraction of sp³-hybridized carbons (Fsp3) is 0.941. The molecule has 1 saturated carbocycles. The van der Waals surface area contributed by atoms with Crippen LogP contribution in [0.5, 0.6) is 0 Å². The Morgan fingerprint density at radius 3 is 2.38 bits per heavy atom. The molecule has 1 heterocycles. The summed E-state index contributed by atoms with van der Waals surface area (Å²) in [6, 6.07) is 0. The normalized spacial score (nSPS) is 23.2. The van der Waals surface area contributed by atoms with Crippen LogP contribution in [0.25, 0.3) is 0 Å². The van der Waals surface area contributed by atoms with Crippen molar-refractivity contribution in [3.05, 3.63) is 0 Å². The van der Waals surface area contributed by atoms with Crippen molar-refractivity contribution in [2.24, 2.45) is 11.8 Å². The number of nitrogens with zero attached hydrogens (tertiary/aromatic N) is 2. The molecule has 1 N–H and O–H groups in total. The zero-order valence-corrected chi connectivity index (χ0v) is 13.6. The molecule has 2 rings (SSSR count). The van der Waals surface area contributed by atoms with E-state index in [2.05, 4.69) is 16.7 Å². The lowest BCUT2D eigenvalue weighted by molar-refractivity contribution is -0.138. The van der Waals surface area contributed by atoms with Gasteiger partial charge in [-0.05, 0) is 18.8 Å². The summed E-state index contributed by atoms with van der Waals surface area (Å²) in [7, 11) is 0. The highest BCUT2D eigenvalue weighted by Crippen LogP contribution is 2.30. The van der Waals surface area contributed by atoms with E-state index in [9.17, 15) is 4.79 Å². The Labute approximate surface area is 129 Å². The molecule has 1 atom stereocenters. The van der Waals surface area contributed by atoms with E-state index in [4.69, 9.17) is 5.11 Å². The van der Waals surface area contributed by atoms with Crippen LogP contribution in [0.1, 0.15) is 51.9 Å². The van der Waals surface area contributed by atoms with Gasteiger partial charge in [0.1, 0.15) is 0 Å². The third kappa shape index (κ3) is 4.96. The number of aliphatic hydroxyl groups is 1. The maximum absolute atomic E-state index is 12.7. The molecule has 1 saturated heterocycles. The number of hydrogen-bond donors (Lipinski definition) is 1. The number of aliphatic hydroxyl groups excluding tert-OH is 1. The third-order valence-corrected chi connectivity index (χ3v) is 5.28. The fourth-order valence-corrected chi connectivity index (χ4v) is 3.86. The molecule has 4 heteroatoms. The lowest BCUT2D eigenvalue weighted by Crippen LogP contribution is -2.51. The van der Waals surface area contributed by atoms with Gasteiger partial charge in [-0.1, -0.05) is 39.0 Å². The van der Waals surface area contributed by atoms with Crippen LogP contribution in [-0.2, 0) is 4.79 Å². The van der Waals surface area contributed by atoms with Crippen LogP contribution < -0.4 is 0 Å². The van der Waals surface area contributed by atoms with Crippen molar-refractivity contribution in [2.45, 2.75) is 51.9 Å². The van der Waals surface area contributed by atoms with Crippen molar-refractivity contribution >= 4 is 5.91 Å². The summed E-state index contributed by atoms with van der Waals surface area (Å²) < 4.78 is 0. The summed E-state index contributed by atoms with van der Waals surface area (Å²) in [6.07, 6.45) is 8.83. The molecule has 0 spiro atoms. The van der Waals surface area contributed by atoms with Crippen LogP contribution >= 0.6 is 0 Å². The molecule has 1 aliphatic carbocycles. The zero-order chi connectivity index (χ0) is 15.1. The van der Waals surface area contributed by atoms with Crippen LogP contribution in [0.4, 0.5) is 0 Å². The summed E-state index contributed by atoms with van der Waals surface area (Å²) in [4.78, 5) is 17.0. The molecule has 1 aliphatic heterocycles. The van der Waals surface area contributed by atoms with Crippen molar-refractivity contribution in [1.82, 2.24) is 9.80 Å². The first-order valence-corrected chi connectivity index (χ1v) is 8.86. The summed E-state index contributed by atoms with van der Waals surface area (Å²) in [6.45, 7) is 6.60. The Morgan fingerprint density at radius 1 is 1.14 bits per heavy atom. The number of rotatable bonds is 6. The van der Waals surface area contributed by atoms with E-state index >= 15 is 0 Å². The number of carbonyl (C=O) groups is 1. The Balaban J connectivity index is 1.79. The van der Waals surface area contributed by atoms with Crippen molar-refractivity contribution in [2.75, 3.05) is 39.3 Å². The minimum Gasteiger partial charge on any atom is -0.395 e. The van der Waals surface area contributed by atoms with E-state index in [1.54, 1.807) is 0 Å². The molecule has 122 valence electrons. The molecule has 2 aliphatic rings. The van der Waals surface area contributed by atoms with Crippen LogP contribution in [0.2, 0.25) is 0 Å². The maximum atomic E-state index is 12.7. The van der Waals surface area contributed by atoms with Gasteiger partial charge in [0.2, 0.25) is 5.91 Å². The highest BCUT2D eigenvalue weighted by Gasteiger charge is 2.28. The second-order valence-electron chi connectivity index (χ2n) is 6.74. The van der Waals surface area contributed by atoms with Gasteiger partial charge in [-0.15, -0.1) is 0 Å². The largest absolute Gasteiger partial charge is 0.395 e. The first kappa shape index (κ1) is 16.8. The number of carbonyl (C=O) groups excluding carboxylic acids is 1. The molecule has 4 nitrogen and oxygen atoms in total. The smallest absolute Gasteiger partial charge is 0.225 e. The number of hydrogen-bond acceptors (Lipinski definition) is 3. The van der Waals surface area contributed by atoms with Crippen molar-refractivity contribution in [1.29, 1.82) is 0 Å². The van der Waals surface area contributed by atoms with Gasteiger partial charge in [0.05, 0.1) is 6.61 Å². The summed E-state index contributed by atoms with van der Waals surface area (Å²) in [5.41, 5.74) is 0. The van der Waals surface area contributed by atoms with Gasteiger partial charge in [0.15, 0.2) is 0 Å². The van der Waals surface area contributed by atoms with E-state index in [1.165, 1.54) is 32.1 Å². The van der Waals surface area contributed by atoms with Gasteiger partial charge in [0, 0.05) is 38.6 Å². The molecule has 0 aromatic rings. The number of piperazine rings is 1. The van der Waals surface area contributed by atoms with Crippen LogP contribution in [0.3, 0.4) is 0 Å². The highest BCUT2D eigenvalue weighted by molar-refractivity contribution is 5.79. The molecule has 2 fully saturated rings. The van der Waals surface area contributed by atoms with E-state index in [-0.39, 0.29) is 12.5 Å². The van der Waals surface area contributed by atoms with Crippen LogP contribution in [0.15, 0.2) is 0 Å². The molecule has 21 heavy (non-hydrogen) atoms. The first-order valence-electron chi connectivity index (χ1n) is 8.86. The monoisotopic (exact) mass is 296 g/mol. The summed E-state index contributed by atoms with van der Waals surface area (Å²) in [5, 5.41) is 8.98. The van der Waals surface area contributed by atoms with Gasteiger partial charge < -0.3 is 10.0 Å². The Hall–Kier alpha value is -0.610. The standard InChI is InChI=1S/C17H32N2O2/c1-2-16(14-15-6-4-3-5-7-15)17(21)19-10-8-18(9-11-19)12-13-20/h15-16,20H,2-14H2,1H3. The summed E-state index contributed by atoms with van der Waals surface area (Å²) in [5.74, 6) is 1.40. The topological polar surface area (TPSA) is 43.8 Å². The van der Waals surface area contributed by atoms with E-state index < -0.39 is 0 Å². The van der Waals surface area contributed by atoms with Gasteiger partial charge in [-0.25, -0.2) is 0 Å². The van der Waals surface area contributed by atoms with Crippen molar-refractivity contribution < 1.29 is 9.90 Å². The number of β-amino-alcohol motifs (C(OH)–C–C–N with tert-alkyl or cyclic N) is 1. The summed E-state index contributed by atoms with van der Waals surface area (Å²) >= 11 is 0. The molecular weight excluding hydrogens is 264 g/mol. The van der Waals surface area contributed by atoms with E-state index in [0.29, 0.717) is 5.91 Å². The van der Waals surface area contributed by atoms with Crippen molar-refractivity contribution in [3.63, 3.8) is 0 Å². The first-order chi connectivity index (χ1) is 10.2. The quantitative estimate of drug-likeness (QED) is 0.816. The number of amides is 1. The van der Waals surface area contributed by atoms with Crippen molar-refractivity contribution in [3.8, 4) is 0 Å². The van der Waals surface area contributed by atoms with Crippen LogP contribution in [-0.4, -0.2) is 60.1 Å². The minimum atomic E-state index is 0.215. The van der Waals surface area contributed by atoms with Gasteiger partial charge in [-0.2, -0.15) is 0 Å². The molecule has 0 aromatic heterocycles. The molecule has 1 unspecified atom stereocenters. The second kappa shape index (κ2) is 8.74. The molecular formula is C17H32N2O2. The third-order valence-electron chi connectivity index (χ3n) is 5.28. The zero-order valence-electron chi connectivity index (χ0n) is 13.6. The molecule has 0 radical (unpaired) electrons. The Bertz CT molecular complexity index is 308. The van der Waals surface area contributed by atoms with E-state index in [0.717, 1.165) is 51.5 Å². The second-order valence-corrected chi connectivity index (χ2v) is 6.74. The average molecular weight is 296 g/mol. The lowest BCUT2D eigenvalue weighted by Gasteiger charge is -2.37. The SMILES string of the molecule is CCC(CC1CCCCC1)C(=O)N1CCN(CCO)CC1. The lowest BCUT2D eigenvalue weighted by atomic mass is 9.81. The van der Waals surface area contributed by atoms with Gasteiger partial charge in [-0.3, -0.25) is 9.69 Å². The van der Waals surface area contributed by atoms with E-state index in [1.807, 2.05) is 0 Å². The molecule has 0 aromatic carbocycles. The minimum absolute atomic E-state index is 0.215. The fourth-order valence-electron chi connectivity index (χ4n) is 3.86. The van der Waals surface area contributed by atoms with Gasteiger partial charge in [0.25, 0.3) is 0 Å². The molecule has 0 bridgehead atoms. The Morgan fingerprint density at radius 2 is 1.81 bits per heavy atom. The predicted molar refractivity (Wildman–Crippen MR) is 85.1 cm³/mol. The highest BCUT2D eigenvalue weighted by atomic mass is 16.3. The van der Waals surface area contributed by atoms with Crippen LogP contribution in [0, 0.1) is 11.8 Å². The molecule has 1 amide bonds. The average Bonchev–Trinajstić information content (AvgIpc) is 2.54. The predicted octanol–water partition coefficient (Wildman–Crippen LogP) is 2.12. The van der Waals surface area contributed by atoms with Gasteiger partial charge >= 0.3 is 0 Å². The maximum Gasteiger partial charge on any atom is 0.225 e. The Kier molecular flexibility index (Phi) is 6.97.